The topological polar surface area (TPSA) is 95.9 Å². The van der Waals surface area contributed by atoms with Crippen molar-refractivity contribution in [2.45, 2.75) is 64.5 Å². The maximum Gasteiger partial charge on any atom is 0.407 e. The zero-order chi connectivity index (χ0) is 24.7. The van der Waals surface area contributed by atoms with Crippen LogP contribution in [-0.4, -0.2) is 53.2 Å². The molecule has 182 valence electrons. The monoisotopic (exact) mass is 466 g/mol. The van der Waals surface area contributed by atoms with Crippen LogP contribution in [0.2, 0.25) is 0 Å². The highest BCUT2D eigenvalue weighted by molar-refractivity contribution is 5.79. The van der Waals surface area contributed by atoms with Gasteiger partial charge in [0, 0.05) is 31.0 Å². The molecule has 2 amide bonds. The normalized spacial score (nSPS) is 14.0. The van der Waals surface area contributed by atoms with E-state index in [1.54, 1.807) is 11.8 Å². The second-order valence-corrected chi connectivity index (χ2v) is 8.74. The van der Waals surface area contributed by atoms with Crippen LogP contribution in [0.1, 0.15) is 63.5 Å². The molecule has 34 heavy (non-hydrogen) atoms. The summed E-state index contributed by atoms with van der Waals surface area (Å²) in [6, 6.07) is 15.8. The molecule has 2 unspecified atom stereocenters. The number of ether oxygens (including phenoxy) is 1. The summed E-state index contributed by atoms with van der Waals surface area (Å²) >= 11 is 0. The molecule has 2 N–H and O–H groups in total. The fourth-order valence-electron chi connectivity index (χ4n) is 4.72. The van der Waals surface area contributed by atoms with Gasteiger partial charge < -0.3 is 20.1 Å². The fraction of sp³-hybridized carbons (Fsp3) is 0.444. The van der Waals surface area contributed by atoms with E-state index < -0.39 is 12.1 Å². The van der Waals surface area contributed by atoms with Gasteiger partial charge in [-0.2, -0.15) is 0 Å². The van der Waals surface area contributed by atoms with E-state index in [-0.39, 0.29) is 43.4 Å². The van der Waals surface area contributed by atoms with E-state index in [2.05, 4.69) is 29.6 Å². The molecule has 7 nitrogen and oxygen atoms in total. The van der Waals surface area contributed by atoms with E-state index in [0.717, 1.165) is 11.1 Å². The van der Waals surface area contributed by atoms with Gasteiger partial charge in [-0.15, -0.1) is 0 Å². The molecule has 0 aliphatic heterocycles. The molecule has 0 bridgehead atoms. The summed E-state index contributed by atoms with van der Waals surface area (Å²) in [5.41, 5.74) is 4.66. The van der Waals surface area contributed by atoms with Gasteiger partial charge in [0.25, 0.3) is 0 Å². The van der Waals surface area contributed by atoms with Gasteiger partial charge in [-0.3, -0.25) is 9.59 Å². The molecule has 1 aliphatic carbocycles. The Morgan fingerprint density at radius 3 is 2.15 bits per heavy atom. The van der Waals surface area contributed by atoms with Crippen LogP contribution in [0, 0.1) is 0 Å². The lowest BCUT2D eigenvalue weighted by molar-refractivity contribution is -0.140. The Morgan fingerprint density at radius 2 is 1.62 bits per heavy atom. The van der Waals surface area contributed by atoms with Crippen molar-refractivity contribution in [1.82, 2.24) is 10.2 Å². The standard InChI is InChI=1S/C27H34N2O5/c1-4-19(14-15-25(30)29(5-2)18(3)16-26(31)32)28-27(33)34-17-24-22-12-8-6-10-20(22)21-11-7-9-13-23(21)24/h6-13,18-19,24H,4-5,14-17H2,1-3H3,(H,28,33)(H,31,32). The number of amides is 2. The first-order chi connectivity index (χ1) is 16.3. The van der Waals surface area contributed by atoms with E-state index in [0.29, 0.717) is 19.4 Å². The molecule has 0 heterocycles. The Balaban J connectivity index is 1.53. The molecule has 2 aromatic rings. The van der Waals surface area contributed by atoms with Crippen LogP contribution in [0.4, 0.5) is 4.79 Å². The van der Waals surface area contributed by atoms with Gasteiger partial charge >= 0.3 is 12.1 Å². The molecule has 1 aliphatic rings. The number of nitrogens with one attached hydrogen (secondary N) is 1. The molecule has 0 spiro atoms. The van der Waals surface area contributed by atoms with E-state index in [1.165, 1.54) is 11.1 Å². The highest BCUT2D eigenvalue weighted by Gasteiger charge is 2.29. The molecule has 0 fully saturated rings. The van der Waals surface area contributed by atoms with E-state index in [9.17, 15) is 14.4 Å². The Labute approximate surface area is 201 Å². The number of rotatable bonds is 11. The molecule has 0 saturated carbocycles. The third-order valence-corrected chi connectivity index (χ3v) is 6.53. The molecule has 3 rings (SSSR count). The van der Waals surface area contributed by atoms with Gasteiger partial charge in [0.2, 0.25) is 5.91 Å². The zero-order valence-electron chi connectivity index (χ0n) is 20.1. The number of carbonyl (C=O) groups is 3. The quantitative estimate of drug-likeness (QED) is 0.496. The van der Waals surface area contributed by atoms with Crippen LogP contribution < -0.4 is 5.32 Å². The van der Waals surface area contributed by atoms with E-state index >= 15 is 0 Å². The van der Waals surface area contributed by atoms with Gasteiger partial charge in [-0.05, 0) is 48.9 Å². The Morgan fingerprint density at radius 1 is 1.03 bits per heavy atom. The largest absolute Gasteiger partial charge is 0.481 e. The van der Waals surface area contributed by atoms with Crippen LogP contribution in [-0.2, 0) is 14.3 Å². The molecule has 7 heteroatoms. The lowest BCUT2D eigenvalue weighted by Crippen LogP contribution is -2.41. The number of alkyl carbamates (subject to hydrolysis) is 1. The van der Waals surface area contributed by atoms with Gasteiger partial charge in [0.15, 0.2) is 0 Å². The average molecular weight is 467 g/mol. The first-order valence-electron chi connectivity index (χ1n) is 12.0. The number of benzene rings is 2. The molecule has 0 radical (unpaired) electrons. The van der Waals surface area contributed by atoms with E-state index in [4.69, 9.17) is 9.84 Å². The second kappa shape index (κ2) is 11.7. The molecule has 0 aromatic heterocycles. The summed E-state index contributed by atoms with van der Waals surface area (Å²) in [5.74, 6) is -1.04. The van der Waals surface area contributed by atoms with Crippen molar-refractivity contribution in [2.75, 3.05) is 13.2 Å². The number of fused-ring (bicyclic) bond motifs is 3. The van der Waals surface area contributed by atoms with Crippen molar-refractivity contribution in [3.63, 3.8) is 0 Å². The summed E-state index contributed by atoms with van der Waals surface area (Å²) in [5, 5.41) is 11.9. The van der Waals surface area contributed by atoms with Gasteiger partial charge in [0.05, 0.1) is 6.42 Å². The third kappa shape index (κ3) is 5.95. The van der Waals surface area contributed by atoms with Crippen molar-refractivity contribution in [1.29, 1.82) is 0 Å². The lowest BCUT2D eigenvalue weighted by atomic mass is 9.98. The van der Waals surface area contributed by atoms with Gasteiger partial charge in [0.1, 0.15) is 6.61 Å². The van der Waals surface area contributed by atoms with Crippen LogP contribution >= 0.6 is 0 Å². The number of carboxylic acid groups (broad SMARTS) is 1. The van der Waals surface area contributed by atoms with Crippen molar-refractivity contribution >= 4 is 18.0 Å². The highest BCUT2D eigenvalue weighted by Crippen LogP contribution is 2.44. The minimum absolute atomic E-state index is 0.00589. The number of hydrogen-bond donors (Lipinski definition) is 2. The second-order valence-electron chi connectivity index (χ2n) is 8.74. The summed E-state index contributed by atoms with van der Waals surface area (Å²) < 4.78 is 5.62. The molecule has 2 aromatic carbocycles. The number of carboxylic acids is 1. The maximum absolute atomic E-state index is 12.6. The molecule has 2 atom stereocenters. The minimum Gasteiger partial charge on any atom is -0.481 e. The summed E-state index contributed by atoms with van der Waals surface area (Å²) in [7, 11) is 0. The Kier molecular flexibility index (Phi) is 8.68. The van der Waals surface area contributed by atoms with Crippen molar-refractivity contribution in [2.24, 2.45) is 0 Å². The third-order valence-electron chi connectivity index (χ3n) is 6.53. The van der Waals surface area contributed by atoms with E-state index in [1.807, 2.05) is 38.1 Å². The van der Waals surface area contributed by atoms with Gasteiger partial charge in [-0.1, -0.05) is 55.5 Å². The van der Waals surface area contributed by atoms with Crippen LogP contribution in [0.25, 0.3) is 11.1 Å². The lowest BCUT2D eigenvalue weighted by Gasteiger charge is -2.28. The summed E-state index contributed by atoms with van der Waals surface area (Å²) in [4.78, 5) is 37.7. The Bertz CT molecular complexity index is 976. The SMILES string of the molecule is CCC(CCC(=O)N(CC)C(C)CC(=O)O)NC(=O)OCC1c2ccccc2-c2ccccc21. The first kappa shape index (κ1) is 25.3. The minimum atomic E-state index is -0.929. The first-order valence-corrected chi connectivity index (χ1v) is 12.0. The molecule has 0 saturated heterocycles. The Hall–Kier alpha value is -3.35. The predicted molar refractivity (Wildman–Crippen MR) is 131 cm³/mol. The van der Waals surface area contributed by atoms with Crippen LogP contribution in [0.5, 0.6) is 0 Å². The zero-order valence-corrected chi connectivity index (χ0v) is 20.1. The van der Waals surface area contributed by atoms with Crippen molar-refractivity contribution in [3.05, 3.63) is 59.7 Å². The van der Waals surface area contributed by atoms with Gasteiger partial charge in [-0.25, -0.2) is 4.79 Å². The smallest absolute Gasteiger partial charge is 0.407 e. The predicted octanol–water partition coefficient (Wildman–Crippen LogP) is 4.80. The molecular weight excluding hydrogens is 432 g/mol. The fourth-order valence-corrected chi connectivity index (χ4v) is 4.72. The van der Waals surface area contributed by atoms with Crippen molar-refractivity contribution < 1.29 is 24.2 Å². The number of aliphatic carboxylic acids is 1. The number of nitrogens with zero attached hydrogens (tertiary/aromatic N) is 1. The van der Waals surface area contributed by atoms with Crippen LogP contribution in [0.15, 0.2) is 48.5 Å². The highest BCUT2D eigenvalue weighted by atomic mass is 16.5. The average Bonchev–Trinajstić information content (AvgIpc) is 3.14. The van der Waals surface area contributed by atoms with Crippen molar-refractivity contribution in [3.8, 4) is 11.1 Å². The van der Waals surface area contributed by atoms with Crippen LogP contribution in [0.3, 0.4) is 0 Å². The summed E-state index contributed by atoms with van der Waals surface area (Å²) in [6.45, 7) is 6.21. The molecular formula is C27H34N2O5. The maximum atomic E-state index is 12.6. The number of hydrogen-bond acceptors (Lipinski definition) is 4. The summed E-state index contributed by atoms with van der Waals surface area (Å²) in [6.07, 6.45) is 0.784. The number of carbonyl (C=O) groups excluding carboxylic acids is 2.